The summed E-state index contributed by atoms with van der Waals surface area (Å²) in [6.07, 6.45) is 5.86. The molecule has 1 aromatic rings. The van der Waals surface area contributed by atoms with Gasteiger partial charge in [-0.1, -0.05) is 17.7 Å². The highest BCUT2D eigenvalue weighted by Crippen LogP contribution is 2.25. The Kier molecular flexibility index (Phi) is 4.81. The predicted molar refractivity (Wildman–Crippen MR) is 88.6 cm³/mol. The second kappa shape index (κ2) is 6.44. The van der Waals surface area contributed by atoms with Gasteiger partial charge in [-0.25, -0.2) is 0 Å². The van der Waals surface area contributed by atoms with Crippen molar-refractivity contribution in [1.82, 2.24) is 10.2 Å². The van der Waals surface area contributed by atoms with E-state index in [2.05, 4.69) is 31.0 Å². The van der Waals surface area contributed by atoms with Crippen LogP contribution in [0.4, 0.5) is 0 Å². The lowest BCUT2D eigenvalue weighted by molar-refractivity contribution is -0.119. The molecule has 0 bridgehead atoms. The van der Waals surface area contributed by atoms with Crippen LogP contribution < -0.4 is 5.32 Å². The van der Waals surface area contributed by atoms with E-state index < -0.39 is 0 Å². The summed E-state index contributed by atoms with van der Waals surface area (Å²) in [6.45, 7) is 7.14. The van der Waals surface area contributed by atoms with Gasteiger partial charge in [0.1, 0.15) is 5.75 Å². The highest BCUT2D eigenvalue weighted by molar-refractivity contribution is 6.31. The SMILES string of the molecule is CC(C)(C)N1C=CC(NC(=O)Cc2c(O)cccc2Cl)=CC1. The number of carbonyl (C=O) groups excluding carboxylic acids is 1. The zero-order chi connectivity index (χ0) is 16.3. The van der Waals surface area contributed by atoms with Crippen LogP contribution in [0.25, 0.3) is 0 Å². The number of rotatable bonds is 3. The maximum absolute atomic E-state index is 12.1. The number of hydrogen-bond acceptors (Lipinski definition) is 3. The number of halogens is 1. The molecule has 0 saturated heterocycles. The highest BCUT2D eigenvalue weighted by atomic mass is 35.5. The van der Waals surface area contributed by atoms with Crippen molar-refractivity contribution < 1.29 is 9.90 Å². The Morgan fingerprint density at radius 2 is 2.14 bits per heavy atom. The first kappa shape index (κ1) is 16.4. The topological polar surface area (TPSA) is 52.6 Å². The summed E-state index contributed by atoms with van der Waals surface area (Å²) in [5.74, 6) is -0.168. The second-order valence-electron chi connectivity index (χ2n) is 6.26. The van der Waals surface area contributed by atoms with Crippen LogP contribution >= 0.6 is 11.6 Å². The minimum Gasteiger partial charge on any atom is -0.508 e. The monoisotopic (exact) mass is 320 g/mol. The molecule has 4 nitrogen and oxygen atoms in total. The van der Waals surface area contributed by atoms with E-state index in [0.29, 0.717) is 10.6 Å². The van der Waals surface area contributed by atoms with Crippen molar-refractivity contribution in [1.29, 1.82) is 0 Å². The van der Waals surface area contributed by atoms with Crippen molar-refractivity contribution in [2.24, 2.45) is 0 Å². The number of hydrogen-bond donors (Lipinski definition) is 2. The van der Waals surface area contributed by atoms with Crippen LogP contribution in [0.3, 0.4) is 0 Å². The van der Waals surface area contributed by atoms with Crippen LogP contribution in [0, 0.1) is 0 Å². The Morgan fingerprint density at radius 3 is 2.68 bits per heavy atom. The highest BCUT2D eigenvalue weighted by Gasteiger charge is 2.19. The first-order chi connectivity index (χ1) is 10.3. The zero-order valence-corrected chi connectivity index (χ0v) is 13.8. The number of phenolic OH excluding ortho intramolecular Hbond substituents is 1. The molecule has 1 heterocycles. The van der Waals surface area contributed by atoms with Crippen molar-refractivity contribution in [3.63, 3.8) is 0 Å². The molecule has 22 heavy (non-hydrogen) atoms. The number of carbonyl (C=O) groups is 1. The van der Waals surface area contributed by atoms with E-state index in [1.54, 1.807) is 12.1 Å². The molecule has 118 valence electrons. The van der Waals surface area contributed by atoms with Crippen LogP contribution in [-0.2, 0) is 11.2 Å². The molecule has 5 heteroatoms. The normalized spacial score (nSPS) is 14.7. The van der Waals surface area contributed by atoms with Gasteiger partial charge < -0.3 is 15.3 Å². The Balaban J connectivity index is 1.97. The molecule has 0 spiro atoms. The lowest BCUT2D eigenvalue weighted by atomic mass is 10.1. The molecule has 0 aromatic heterocycles. The summed E-state index contributed by atoms with van der Waals surface area (Å²) in [7, 11) is 0. The number of phenols is 1. The van der Waals surface area contributed by atoms with E-state index in [-0.39, 0.29) is 23.6 Å². The van der Waals surface area contributed by atoms with E-state index in [9.17, 15) is 9.90 Å². The van der Waals surface area contributed by atoms with E-state index >= 15 is 0 Å². The van der Waals surface area contributed by atoms with Crippen LogP contribution in [0.15, 0.2) is 42.2 Å². The minimum atomic E-state index is -0.205. The van der Waals surface area contributed by atoms with Gasteiger partial charge in [-0.05, 0) is 45.1 Å². The molecule has 0 unspecified atom stereocenters. The Bertz CT molecular complexity index is 610. The average Bonchev–Trinajstić information content (AvgIpc) is 2.43. The Hall–Kier alpha value is -1.94. The number of benzene rings is 1. The quantitative estimate of drug-likeness (QED) is 0.899. The largest absolute Gasteiger partial charge is 0.508 e. The molecule has 1 aromatic carbocycles. The van der Waals surface area contributed by atoms with E-state index in [1.165, 1.54) is 6.07 Å². The van der Waals surface area contributed by atoms with Gasteiger partial charge in [0.15, 0.2) is 0 Å². The zero-order valence-electron chi connectivity index (χ0n) is 13.1. The van der Waals surface area contributed by atoms with Gasteiger partial charge in [0.2, 0.25) is 5.91 Å². The number of aromatic hydroxyl groups is 1. The smallest absolute Gasteiger partial charge is 0.228 e. The molecular formula is C17H21ClN2O2. The average molecular weight is 321 g/mol. The van der Waals surface area contributed by atoms with E-state index in [0.717, 1.165) is 12.2 Å². The van der Waals surface area contributed by atoms with Gasteiger partial charge in [0.25, 0.3) is 0 Å². The third-order valence-electron chi connectivity index (χ3n) is 3.52. The molecule has 2 N–H and O–H groups in total. The standard InChI is InChI=1S/C17H21ClN2O2/c1-17(2,3)20-9-7-12(8-10-20)19-16(22)11-13-14(18)5-4-6-15(13)21/h4-9,21H,10-11H2,1-3H3,(H,19,22). The number of nitrogens with one attached hydrogen (secondary N) is 1. The van der Waals surface area contributed by atoms with Gasteiger partial charge in [-0.2, -0.15) is 0 Å². The fourth-order valence-electron chi connectivity index (χ4n) is 2.17. The summed E-state index contributed by atoms with van der Waals surface area (Å²) in [6, 6.07) is 4.83. The summed E-state index contributed by atoms with van der Waals surface area (Å²) in [5, 5.41) is 13.0. The minimum absolute atomic E-state index is 0.0368. The van der Waals surface area contributed by atoms with Crippen molar-refractivity contribution in [3.8, 4) is 5.75 Å². The third kappa shape index (κ3) is 4.04. The van der Waals surface area contributed by atoms with Gasteiger partial charge >= 0.3 is 0 Å². The van der Waals surface area contributed by atoms with Gasteiger partial charge in [-0.3, -0.25) is 4.79 Å². The Morgan fingerprint density at radius 1 is 1.41 bits per heavy atom. The molecule has 0 fully saturated rings. The summed E-state index contributed by atoms with van der Waals surface area (Å²) in [5.41, 5.74) is 1.25. The second-order valence-corrected chi connectivity index (χ2v) is 6.67. The summed E-state index contributed by atoms with van der Waals surface area (Å²) < 4.78 is 0. The number of allylic oxidation sites excluding steroid dienone is 1. The maximum Gasteiger partial charge on any atom is 0.228 e. The number of amides is 1. The molecular weight excluding hydrogens is 300 g/mol. The molecule has 0 aliphatic carbocycles. The van der Waals surface area contributed by atoms with Gasteiger partial charge in [-0.15, -0.1) is 0 Å². The van der Waals surface area contributed by atoms with Crippen LogP contribution in [0.2, 0.25) is 5.02 Å². The van der Waals surface area contributed by atoms with Crippen molar-refractivity contribution >= 4 is 17.5 Å². The number of nitrogens with zero attached hydrogens (tertiary/aromatic N) is 1. The summed E-state index contributed by atoms with van der Waals surface area (Å²) >= 11 is 6.01. The first-order valence-corrected chi connectivity index (χ1v) is 7.56. The molecule has 1 aliphatic rings. The molecule has 2 rings (SSSR count). The van der Waals surface area contributed by atoms with Crippen molar-refractivity contribution in [2.45, 2.75) is 32.7 Å². The van der Waals surface area contributed by atoms with Gasteiger partial charge in [0.05, 0.1) is 6.42 Å². The van der Waals surface area contributed by atoms with Crippen molar-refractivity contribution in [2.75, 3.05) is 6.54 Å². The fraction of sp³-hybridized carbons (Fsp3) is 0.353. The van der Waals surface area contributed by atoms with E-state index in [1.807, 2.05) is 18.4 Å². The molecule has 0 radical (unpaired) electrons. The van der Waals surface area contributed by atoms with E-state index in [4.69, 9.17) is 11.6 Å². The van der Waals surface area contributed by atoms with Crippen LogP contribution in [0.5, 0.6) is 5.75 Å². The lowest BCUT2D eigenvalue weighted by Gasteiger charge is -2.35. The van der Waals surface area contributed by atoms with Crippen LogP contribution in [0.1, 0.15) is 26.3 Å². The fourth-order valence-corrected chi connectivity index (χ4v) is 2.41. The Labute approximate surface area is 136 Å². The predicted octanol–water partition coefficient (Wildman–Crippen LogP) is 3.22. The van der Waals surface area contributed by atoms with Gasteiger partial charge in [0, 0.05) is 34.6 Å². The first-order valence-electron chi connectivity index (χ1n) is 7.18. The van der Waals surface area contributed by atoms with Crippen LogP contribution in [-0.4, -0.2) is 28.0 Å². The molecule has 0 atom stereocenters. The lowest BCUT2D eigenvalue weighted by Crippen LogP contribution is -2.39. The molecule has 1 amide bonds. The molecule has 1 aliphatic heterocycles. The maximum atomic E-state index is 12.1. The summed E-state index contributed by atoms with van der Waals surface area (Å²) in [4.78, 5) is 14.3. The van der Waals surface area contributed by atoms with Crippen molar-refractivity contribution in [3.05, 3.63) is 52.8 Å². The third-order valence-corrected chi connectivity index (χ3v) is 3.87. The molecule has 0 saturated carbocycles.